The molecule has 1 unspecified atom stereocenters. The summed E-state index contributed by atoms with van der Waals surface area (Å²) < 4.78 is 5.38. The fourth-order valence-corrected chi connectivity index (χ4v) is 2.21. The molecule has 0 radical (unpaired) electrons. The van der Waals surface area contributed by atoms with Crippen LogP contribution in [-0.2, 0) is 6.42 Å². The van der Waals surface area contributed by atoms with E-state index in [4.69, 9.17) is 4.74 Å². The summed E-state index contributed by atoms with van der Waals surface area (Å²) in [6.07, 6.45) is 2.22. The van der Waals surface area contributed by atoms with E-state index in [-0.39, 0.29) is 0 Å². The van der Waals surface area contributed by atoms with Crippen LogP contribution in [0.15, 0.2) is 18.2 Å². The molecule has 0 bridgehead atoms. The molecule has 2 nitrogen and oxygen atoms in total. The van der Waals surface area contributed by atoms with Gasteiger partial charge in [0.25, 0.3) is 0 Å². The fraction of sp³-hybridized carbons (Fsp3) is 0.500. The Kier molecular flexibility index (Phi) is 2.73. The molecule has 1 aromatic carbocycles. The molecule has 1 atom stereocenters. The van der Waals surface area contributed by atoms with Crippen LogP contribution >= 0.6 is 0 Å². The number of rotatable bonds is 2. The molecule has 1 aliphatic rings. The first kappa shape index (κ1) is 9.53. The lowest BCUT2D eigenvalue weighted by molar-refractivity contribution is 0.399. The van der Waals surface area contributed by atoms with E-state index in [2.05, 4.69) is 30.4 Å². The van der Waals surface area contributed by atoms with Gasteiger partial charge in [0.2, 0.25) is 0 Å². The van der Waals surface area contributed by atoms with Crippen LogP contribution < -0.4 is 10.1 Å². The van der Waals surface area contributed by atoms with Crippen molar-refractivity contribution in [2.24, 2.45) is 0 Å². The number of hydrogen-bond donors (Lipinski definition) is 1. The molecule has 1 aromatic rings. The van der Waals surface area contributed by atoms with Gasteiger partial charge in [-0.3, -0.25) is 0 Å². The molecule has 0 saturated heterocycles. The smallest absolute Gasteiger partial charge is 0.122 e. The Balaban J connectivity index is 2.43. The van der Waals surface area contributed by atoms with Crippen LogP contribution in [0.3, 0.4) is 0 Å². The van der Waals surface area contributed by atoms with Gasteiger partial charge in [-0.25, -0.2) is 0 Å². The van der Waals surface area contributed by atoms with Gasteiger partial charge in [0.05, 0.1) is 7.11 Å². The molecule has 1 heterocycles. The summed E-state index contributed by atoms with van der Waals surface area (Å²) in [6, 6.07) is 6.84. The van der Waals surface area contributed by atoms with E-state index in [1.807, 2.05) is 0 Å². The fourth-order valence-electron chi connectivity index (χ4n) is 2.21. The Morgan fingerprint density at radius 1 is 1.50 bits per heavy atom. The van der Waals surface area contributed by atoms with E-state index < -0.39 is 0 Å². The van der Waals surface area contributed by atoms with Crippen molar-refractivity contribution in [3.05, 3.63) is 29.3 Å². The number of hydrogen-bond acceptors (Lipinski definition) is 2. The van der Waals surface area contributed by atoms with Crippen LogP contribution in [0.2, 0.25) is 0 Å². The quantitative estimate of drug-likeness (QED) is 0.774. The van der Waals surface area contributed by atoms with Crippen LogP contribution in [0, 0.1) is 0 Å². The molecular formula is C12H17NO. The lowest BCUT2D eigenvalue weighted by atomic mass is 9.92. The van der Waals surface area contributed by atoms with Crippen molar-refractivity contribution in [3.63, 3.8) is 0 Å². The van der Waals surface area contributed by atoms with Crippen LogP contribution in [0.1, 0.15) is 30.5 Å². The zero-order valence-corrected chi connectivity index (χ0v) is 8.84. The van der Waals surface area contributed by atoms with Crippen molar-refractivity contribution in [2.45, 2.75) is 25.8 Å². The van der Waals surface area contributed by atoms with Crippen LogP contribution in [0.4, 0.5) is 0 Å². The van der Waals surface area contributed by atoms with Gasteiger partial charge in [0.1, 0.15) is 5.75 Å². The predicted molar refractivity (Wildman–Crippen MR) is 57.7 cm³/mol. The number of nitrogens with one attached hydrogen (secondary N) is 1. The highest BCUT2D eigenvalue weighted by Crippen LogP contribution is 2.31. The van der Waals surface area contributed by atoms with Crippen molar-refractivity contribution in [3.8, 4) is 5.75 Å². The number of ether oxygens (including phenoxy) is 1. The standard InChI is InChI=1S/C12H17NO/c1-3-11-9-5-4-6-12(14-2)10(9)7-8-13-11/h4-6,11,13H,3,7-8H2,1-2H3. The average molecular weight is 191 g/mol. The number of fused-ring (bicyclic) bond motifs is 1. The first-order valence-corrected chi connectivity index (χ1v) is 5.26. The van der Waals surface area contributed by atoms with E-state index in [1.165, 1.54) is 11.1 Å². The van der Waals surface area contributed by atoms with Gasteiger partial charge in [-0.2, -0.15) is 0 Å². The largest absolute Gasteiger partial charge is 0.496 e. The molecule has 1 N–H and O–H groups in total. The topological polar surface area (TPSA) is 21.3 Å². The Bertz CT molecular complexity index is 322. The highest BCUT2D eigenvalue weighted by atomic mass is 16.5. The van der Waals surface area contributed by atoms with Gasteiger partial charge in [-0.05, 0) is 31.0 Å². The minimum Gasteiger partial charge on any atom is -0.496 e. The molecule has 0 saturated carbocycles. The highest BCUT2D eigenvalue weighted by molar-refractivity contribution is 5.43. The Labute approximate surface area is 85.3 Å². The molecule has 0 aromatic heterocycles. The third-order valence-corrected chi connectivity index (χ3v) is 2.94. The summed E-state index contributed by atoms with van der Waals surface area (Å²) in [4.78, 5) is 0. The summed E-state index contributed by atoms with van der Waals surface area (Å²) in [7, 11) is 1.75. The van der Waals surface area contributed by atoms with Crippen molar-refractivity contribution in [2.75, 3.05) is 13.7 Å². The second kappa shape index (κ2) is 4.01. The van der Waals surface area contributed by atoms with E-state index in [1.54, 1.807) is 7.11 Å². The van der Waals surface area contributed by atoms with Crippen LogP contribution in [0.25, 0.3) is 0 Å². The number of benzene rings is 1. The SMILES string of the molecule is CCC1NCCc2c(OC)cccc21. The summed E-state index contributed by atoms with van der Waals surface area (Å²) in [5.41, 5.74) is 2.80. The lowest BCUT2D eigenvalue weighted by Crippen LogP contribution is -2.29. The number of methoxy groups -OCH3 is 1. The van der Waals surface area contributed by atoms with Crippen LogP contribution in [0.5, 0.6) is 5.75 Å². The van der Waals surface area contributed by atoms with Gasteiger partial charge < -0.3 is 10.1 Å². The van der Waals surface area contributed by atoms with Crippen molar-refractivity contribution in [1.82, 2.24) is 5.32 Å². The molecule has 0 spiro atoms. The Hall–Kier alpha value is -1.02. The first-order valence-electron chi connectivity index (χ1n) is 5.26. The lowest BCUT2D eigenvalue weighted by Gasteiger charge is -2.27. The molecule has 76 valence electrons. The van der Waals surface area contributed by atoms with Crippen LogP contribution in [-0.4, -0.2) is 13.7 Å². The molecular weight excluding hydrogens is 174 g/mol. The normalized spacial score (nSPS) is 20.3. The van der Waals surface area contributed by atoms with E-state index >= 15 is 0 Å². The maximum atomic E-state index is 5.38. The van der Waals surface area contributed by atoms with Gasteiger partial charge in [-0.15, -0.1) is 0 Å². The maximum Gasteiger partial charge on any atom is 0.122 e. The summed E-state index contributed by atoms with van der Waals surface area (Å²) in [5.74, 6) is 1.04. The summed E-state index contributed by atoms with van der Waals surface area (Å²) in [5, 5.41) is 3.52. The second-order valence-electron chi connectivity index (χ2n) is 3.69. The zero-order valence-electron chi connectivity index (χ0n) is 8.84. The van der Waals surface area contributed by atoms with E-state index in [9.17, 15) is 0 Å². The van der Waals surface area contributed by atoms with E-state index in [0.717, 1.165) is 25.1 Å². The van der Waals surface area contributed by atoms with Crippen molar-refractivity contribution in [1.29, 1.82) is 0 Å². The first-order chi connectivity index (χ1) is 6.86. The van der Waals surface area contributed by atoms with Crippen molar-refractivity contribution >= 4 is 0 Å². The molecule has 2 rings (SSSR count). The average Bonchev–Trinajstić information content (AvgIpc) is 2.27. The molecule has 0 amide bonds. The predicted octanol–water partition coefficient (Wildman–Crippen LogP) is 2.29. The van der Waals surface area contributed by atoms with Gasteiger partial charge in [-0.1, -0.05) is 19.1 Å². The molecule has 1 aliphatic heterocycles. The third-order valence-electron chi connectivity index (χ3n) is 2.94. The van der Waals surface area contributed by atoms with E-state index in [0.29, 0.717) is 6.04 Å². The molecule has 0 aliphatic carbocycles. The van der Waals surface area contributed by atoms with Gasteiger partial charge >= 0.3 is 0 Å². The summed E-state index contributed by atoms with van der Waals surface area (Å²) in [6.45, 7) is 3.28. The van der Waals surface area contributed by atoms with Gasteiger partial charge in [0, 0.05) is 11.6 Å². The van der Waals surface area contributed by atoms with Gasteiger partial charge in [0.15, 0.2) is 0 Å². The Morgan fingerprint density at radius 2 is 2.36 bits per heavy atom. The minimum absolute atomic E-state index is 0.508. The Morgan fingerprint density at radius 3 is 3.07 bits per heavy atom. The maximum absolute atomic E-state index is 5.38. The second-order valence-corrected chi connectivity index (χ2v) is 3.69. The molecule has 2 heteroatoms. The highest BCUT2D eigenvalue weighted by Gasteiger charge is 2.20. The third kappa shape index (κ3) is 1.50. The monoisotopic (exact) mass is 191 g/mol. The summed E-state index contributed by atoms with van der Waals surface area (Å²) >= 11 is 0. The minimum atomic E-state index is 0.508. The van der Waals surface area contributed by atoms with Crippen molar-refractivity contribution < 1.29 is 4.74 Å². The zero-order chi connectivity index (χ0) is 9.97. The molecule has 0 fully saturated rings. The molecule has 14 heavy (non-hydrogen) atoms.